The number of β-amino-alcohol motifs (C(OH)–C–C–N with tert-alkyl or cyclic N) is 1. The van der Waals surface area contributed by atoms with Crippen LogP contribution in [0.3, 0.4) is 0 Å². The van der Waals surface area contributed by atoms with Crippen LogP contribution in [-0.4, -0.2) is 52.2 Å². The lowest BCUT2D eigenvalue weighted by atomic mass is 10.0. The Morgan fingerprint density at radius 2 is 2.08 bits per heavy atom. The maximum atomic E-state index is 11.4. The van der Waals surface area contributed by atoms with Crippen molar-refractivity contribution < 1.29 is 10.0 Å². The van der Waals surface area contributed by atoms with Gasteiger partial charge < -0.3 is 10.0 Å². The van der Waals surface area contributed by atoms with Crippen molar-refractivity contribution >= 4 is 11.5 Å². The summed E-state index contributed by atoms with van der Waals surface area (Å²) in [4.78, 5) is 19.1. The maximum Gasteiger partial charge on any atom is 0.314 e. The van der Waals surface area contributed by atoms with Crippen LogP contribution in [-0.2, 0) is 6.54 Å². The molecule has 0 bridgehead atoms. The zero-order valence-corrected chi connectivity index (χ0v) is 15.1. The van der Waals surface area contributed by atoms with Crippen molar-refractivity contribution in [2.75, 3.05) is 31.6 Å². The van der Waals surface area contributed by atoms with Crippen LogP contribution < -0.4 is 4.90 Å². The first-order valence-electron chi connectivity index (χ1n) is 8.68. The Morgan fingerprint density at radius 3 is 2.77 bits per heavy atom. The minimum absolute atomic E-state index is 0.00209. The van der Waals surface area contributed by atoms with E-state index < -0.39 is 10.5 Å². The summed E-state index contributed by atoms with van der Waals surface area (Å²) in [6.45, 7) is 4.11. The third-order valence-corrected chi connectivity index (χ3v) is 4.84. The molecular formula is C19H24N4O3. The number of pyridine rings is 1. The Bertz CT molecular complexity index is 784. The number of anilines is 1. The molecule has 138 valence electrons. The second-order valence-electron chi connectivity index (χ2n) is 7.08. The maximum absolute atomic E-state index is 11.4. The highest BCUT2D eigenvalue weighted by atomic mass is 16.6. The van der Waals surface area contributed by atoms with E-state index in [1.807, 2.05) is 18.2 Å². The Kier molecular flexibility index (Phi) is 5.20. The largest absolute Gasteiger partial charge is 0.387 e. The fraction of sp³-hybridized carbons (Fsp3) is 0.421. The molecule has 0 aliphatic carbocycles. The molecule has 1 fully saturated rings. The molecule has 1 aliphatic rings. The molecule has 7 heteroatoms. The molecule has 1 aromatic carbocycles. The average Bonchev–Trinajstić information content (AvgIpc) is 2.95. The standard InChI is InChI=1S/C19H24N4O3/c1-15-8-10-20-18(17(15)23(25)26)21(2)13-19(24)9-11-22(14-19)12-16-6-4-3-5-7-16/h3-8,10,24H,9,11-14H2,1-2H3. The second kappa shape index (κ2) is 7.39. The highest BCUT2D eigenvalue weighted by Gasteiger charge is 2.38. The van der Waals surface area contributed by atoms with Crippen molar-refractivity contribution in [3.63, 3.8) is 0 Å². The summed E-state index contributed by atoms with van der Waals surface area (Å²) in [5.41, 5.74) is 0.859. The van der Waals surface area contributed by atoms with E-state index in [0.717, 1.165) is 13.1 Å². The second-order valence-corrected chi connectivity index (χ2v) is 7.08. The first kappa shape index (κ1) is 18.3. The summed E-state index contributed by atoms with van der Waals surface area (Å²) >= 11 is 0. The van der Waals surface area contributed by atoms with Gasteiger partial charge in [0, 0.05) is 45.0 Å². The summed E-state index contributed by atoms with van der Waals surface area (Å²) in [5.74, 6) is 0.296. The van der Waals surface area contributed by atoms with E-state index in [1.165, 1.54) is 5.56 Å². The molecule has 0 amide bonds. The van der Waals surface area contributed by atoms with Crippen molar-refractivity contribution in [3.8, 4) is 0 Å². The molecule has 0 saturated carbocycles. The highest BCUT2D eigenvalue weighted by molar-refractivity contribution is 5.61. The SMILES string of the molecule is Cc1ccnc(N(C)CC2(O)CCN(Cc3ccccc3)C2)c1[N+](=O)[O-]. The molecule has 3 rings (SSSR count). The van der Waals surface area contributed by atoms with E-state index >= 15 is 0 Å². The summed E-state index contributed by atoms with van der Waals surface area (Å²) < 4.78 is 0. The number of nitrogens with zero attached hydrogens (tertiary/aromatic N) is 4. The van der Waals surface area contributed by atoms with Gasteiger partial charge in [0.15, 0.2) is 0 Å². The van der Waals surface area contributed by atoms with Gasteiger partial charge >= 0.3 is 5.69 Å². The smallest absolute Gasteiger partial charge is 0.314 e. The van der Waals surface area contributed by atoms with Crippen molar-refractivity contribution in [1.82, 2.24) is 9.88 Å². The molecule has 2 aromatic rings. The molecule has 0 radical (unpaired) electrons. The van der Waals surface area contributed by atoms with Crippen LogP contribution in [0, 0.1) is 17.0 Å². The molecule has 1 saturated heterocycles. The number of likely N-dealkylation sites (tertiary alicyclic amines) is 1. The lowest BCUT2D eigenvalue weighted by Crippen LogP contribution is -2.44. The van der Waals surface area contributed by atoms with E-state index in [2.05, 4.69) is 22.0 Å². The molecule has 1 aromatic heterocycles. The average molecular weight is 356 g/mol. The Labute approximate surface area is 153 Å². The zero-order chi connectivity index (χ0) is 18.7. The van der Waals surface area contributed by atoms with Gasteiger partial charge in [0.25, 0.3) is 0 Å². The predicted molar refractivity (Wildman–Crippen MR) is 100 cm³/mol. The molecule has 2 heterocycles. The number of benzene rings is 1. The van der Waals surface area contributed by atoms with Crippen molar-refractivity contribution in [2.45, 2.75) is 25.5 Å². The molecular weight excluding hydrogens is 332 g/mol. The quantitative estimate of drug-likeness (QED) is 0.632. The predicted octanol–water partition coefficient (Wildman–Crippen LogP) is 2.37. The van der Waals surface area contributed by atoms with Crippen LogP contribution in [0.2, 0.25) is 0 Å². The zero-order valence-electron chi connectivity index (χ0n) is 15.1. The lowest BCUT2D eigenvalue weighted by Gasteiger charge is -2.29. The van der Waals surface area contributed by atoms with E-state index in [-0.39, 0.29) is 5.69 Å². The molecule has 1 unspecified atom stereocenters. The number of rotatable bonds is 6. The Balaban J connectivity index is 1.69. The summed E-state index contributed by atoms with van der Waals surface area (Å²) in [5, 5.41) is 22.4. The van der Waals surface area contributed by atoms with Gasteiger partial charge in [-0.05, 0) is 25.0 Å². The Morgan fingerprint density at radius 1 is 1.35 bits per heavy atom. The first-order chi connectivity index (χ1) is 12.4. The van der Waals surface area contributed by atoms with Crippen LogP contribution in [0.5, 0.6) is 0 Å². The van der Waals surface area contributed by atoms with Gasteiger partial charge in [-0.15, -0.1) is 0 Å². The van der Waals surface area contributed by atoms with Gasteiger partial charge in [-0.1, -0.05) is 30.3 Å². The number of aryl methyl sites for hydroxylation is 1. The number of aliphatic hydroxyl groups is 1. The van der Waals surface area contributed by atoms with Crippen molar-refractivity contribution in [2.24, 2.45) is 0 Å². The fourth-order valence-electron chi connectivity index (χ4n) is 3.60. The first-order valence-corrected chi connectivity index (χ1v) is 8.68. The topological polar surface area (TPSA) is 82.7 Å². The Hall–Kier alpha value is -2.51. The van der Waals surface area contributed by atoms with Gasteiger partial charge in [-0.2, -0.15) is 0 Å². The van der Waals surface area contributed by atoms with Crippen LogP contribution in [0.15, 0.2) is 42.6 Å². The van der Waals surface area contributed by atoms with Crippen LogP contribution >= 0.6 is 0 Å². The lowest BCUT2D eigenvalue weighted by molar-refractivity contribution is -0.384. The molecule has 7 nitrogen and oxygen atoms in total. The van der Waals surface area contributed by atoms with E-state index in [1.54, 1.807) is 31.1 Å². The summed E-state index contributed by atoms with van der Waals surface area (Å²) in [7, 11) is 1.74. The third-order valence-electron chi connectivity index (χ3n) is 4.84. The van der Waals surface area contributed by atoms with Gasteiger partial charge in [0.1, 0.15) is 0 Å². The molecule has 1 atom stereocenters. The number of hydrogen-bond donors (Lipinski definition) is 1. The van der Waals surface area contributed by atoms with Crippen LogP contribution in [0.25, 0.3) is 0 Å². The normalized spacial score (nSPS) is 20.3. The molecule has 1 aliphatic heterocycles. The van der Waals surface area contributed by atoms with Crippen molar-refractivity contribution in [3.05, 3.63) is 63.8 Å². The highest BCUT2D eigenvalue weighted by Crippen LogP contribution is 2.31. The van der Waals surface area contributed by atoms with Gasteiger partial charge in [0.05, 0.1) is 10.5 Å². The molecule has 0 spiro atoms. The van der Waals surface area contributed by atoms with Gasteiger partial charge in [0.2, 0.25) is 5.82 Å². The summed E-state index contributed by atoms with van der Waals surface area (Å²) in [6, 6.07) is 11.8. The minimum Gasteiger partial charge on any atom is -0.387 e. The van der Waals surface area contributed by atoms with Gasteiger partial charge in [-0.3, -0.25) is 15.0 Å². The van der Waals surface area contributed by atoms with E-state index in [0.29, 0.717) is 30.9 Å². The fourth-order valence-corrected chi connectivity index (χ4v) is 3.60. The van der Waals surface area contributed by atoms with Gasteiger partial charge in [-0.25, -0.2) is 4.98 Å². The van der Waals surface area contributed by atoms with Crippen LogP contribution in [0.4, 0.5) is 11.5 Å². The minimum atomic E-state index is -0.914. The van der Waals surface area contributed by atoms with Crippen LogP contribution in [0.1, 0.15) is 17.5 Å². The molecule has 1 N–H and O–H groups in total. The number of nitro groups is 1. The third kappa shape index (κ3) is 4.00. The number of likely N-dealkylation sites (N-methyl/N-ethyl adjacent to an activating group) is 1. The molecule has 26 heavy (non-hydrogen) atoms. The van der Waals surface area contributed by atoms with Crippen molar-refractivity contribution in [1.29, 1.82) is 0 Å². The number of hydrogen-bond acceptors (Lipinski definition) is 6. The van der Waals surface area contributed by atoms with E-state index in [4.69, 9.17) is 0 Å². The summed E-state index contributed by atoms with van der Waals surface area (Å²) in [6.07, 6.45) is 2.19. The van der Waals surface area contributed by atoms with E-state index in [9.17, 15) is 15.2 Å². The number of aromatic nitrogens is 1. The monoisotopic (exact) mass is 356 g/mol.